The smallest absolute Gasteiger partial charge is 0.423 e. The van der Waals surface area contributed by atoms with Crippen molar-refractivity contribution in [1.29, 1.82) is 0 Å². The molecule has 7 nitrogen and oxygen atoms in total. The third-order valence-corrected chi connectivity index (χ3v) is 5.84. The van der Waals surface area contributed by atoms with Gasteiger partial charge in [0.2, 0.25) is 0 Å². The first-order chi connectivity index (χ1) is 16.1. The number of hydrogen-bond donors (Lipinski definition) is 0. The highest BCUT2D eigenvalue weighted by molar-refractivity contribution is 5.90. The fourth-order valence-electron chi connectivity index (χ4n) is 4.03. The lowest BCUT2D eigenvalue weighted by Gasteiger charge is -2.36. The number of hydrogen-bond acceptors (Lipinski definition) is 5. The van der Waals surface area contributed by atoms with Gasteiger partial charge in [0.25, 0.3) is 11.6 Å². The average molecular weight is 473 g/mol. The highest BCUT2D eigenvalue weighted by atomic mass is 19.4. The fourth-order valence-corrected chi connectivity index (χ4v) is 4.03. The Morgan fingerprint density at radius 2 is 1.68 bits per heavy atom. The van der Waals surface area contributed by atoms with Crippen molar-refractivity contribution >= 4 is 28.1 Å². The highest BCUT2D eigenvalue weighted by Crippen LogP contribution is 2.41. The molecule has 0 atom stereocenters. The zero-order chi connectivity index (χ0) is 24.5. The van der Waals surface area contributed by atoms with Crippen LogP contribution in [-0.4, -0.2) is 48.5 Å². The summed E-state index contributed by atoms with van der Waals surface area (Å²) >= 11 is 0. The van der Waals surface area contributed by atoms with Crippen molar-refractivity contribution in [3.05, 3.63) is 75.8 Å². The minimum Gasteiger partial charge on any atom is -0.484 e. The van der Waals surface area contributed by atoms with Gasteiger partial charge in [0.1, 0.15) is 11.3 Å². The van der Waals surface area contributed by atoms with Crippen LogP contribution >= 0.6 is 0 Å². The Morgan fingerprint density at radius 3 is 2.29 bits per heavy atom. The van der Waals surface area contributed by atoms with E-state index in [2.05, 4.69) is 4.90 Å². The normalized spacial score (nSPS) is 14.4. The van der Waals surface area contributed by atoms with Crippen LogP contribution in [0, 0.1) is 17.0 Å². The van der Waals surface area contributed by atoms with E-state index in [9.17, 15) is 28.1 Å². The number of halogens is 3. The Labute approximate surface area is 193 Å². The summed E-state index contributed by atoms with van der Waals surface area (Å²) in [5, 5.41) is 11.0. The minimum absolute atomic E-state index is 0.0325. The molecule has 1 amide bonds. The first kappa shape index (κ1) is 23.3. The summed E-state index contributed by atoms with van der Waals surface area (Å²) < 4.78 is 46.3. The predicted octanol–water partition coefficient (Wildman–Crippen LogP) is 4.80. The van der Waals surface area contributed by atoms with Gasteiger partial charge < -0.3 is 14.5 Å². The molecule has 1 fully saturated rings. The second-order valence-electron chi connectivity index (χ2n) is 8.09. The Kier molecular flexibility index (Phi) is 6.32. The third-order valence-electron chi connectivity index (χ3n) is 5.84. The first-order valence-electron chi connectivity index (χ1n) is 10.6. The number of fused-ring (bicyclic) bond motifs is 1. The van der Waals surface area contributed by atoms with Crippen molar-refractivity contribution in [2.75, 3.05) is 37.7 Å². The van der Waals surface area contributed by atoms with Crippen LogP contribution in [-0.2, 0) is 11.0 Å². The summed E-state index contributed by atoms with van der Waals surface area (Å²) in [4.78, 5) is 26.5. The van der Waals surface area contributed by atoms with E-state index >= 15 is 0 Å². The van der Waals surface area contributed by atoms with Gasteiger partial charge in [0, 0.05) is 43.3 Å². The minimum atomic E-state index is -4.92. The molecule has 1 aliphatic rings. The Balaban J connectivity index is 1.44. The summed E-state index contributed by atoms with van der Waals surface area (Å²) in [6, 6.07) is 14.1. The van der Waals surface area contributed by atoms with E-state index in [-0.39, 0.29) is 29.0 Å². The molecule has 1 saturated heterocycles. The molecule has 3 aromatic rings. The maximum atomic E-state index is 13.6. The molecular weight excluding hydrogens is 451 g/mol. The number of nitro benzene ring substituents is 1. The maximum Gasteiger partial charge on any atom is 0.423 e. The molecule has 1 heterocycles. The van der Waals surface area contributed by atoms with E-state index in [1.807, 2.05) is 31.2 Å². The number of ether oxygens (including phenoxy) is 1. The van der Waals surface area contributed by atoms with Crippen molar-refractivity contribution in [1.82, 2.24) is 4.90 Å². The van der Waals surface area contributed by atoms with E-state index in [0.717, 1.165) is 17.8 Å². The zero-order valence-electron chi connectivity index (χ0n) is 18.3. The van der Waals surface area contributed by atoms with E-state index in [4.69, 9.17) is 4.74 Å². The SMILES string of the molecule is Cc1ccc(N2CCN(C(=O)COc3ccc4ccc([N+](=O)[O-])c(C(F)(F)F)c4c3)CC2)cc1. The molecule has 1 aliphatic heterocycles. The van der Waals surface area contributed by atoms with Crippen molar-refractivity contribution in [3.63, 3.8) is 0 Å². The molecule has 0 spiro atoms. The lowest BCUT2D eigenvalue weighted by molar-refractivity contribution is -0.387. The average Bonchev–Trinajstić information content (AvgIpc) is 2.81. The quantitative estimate of drug-likeness (QED) is 0.393. The second-order valence-corrected chi connectivity index (χ2v) is 8.09. The van der Waals surface area contributed by atoms with Crippen LogP contribution in [0.4, 0.5) is 24.5 Å². The van der Waals surface area contributed by atoms with Gasteiger partial charge in [-0.15, -0.1) is 0 Å². The van der Waals surface area contributed by atoms with Gasteiger partial charge >= 0.3 is 6.18 Å². The van der Waals surface area contributed by atoms with E-state index in [0.29, 0.717) is 26.2 Å². The second kappa shape index (κ2) is 9.20. The van der Waals surface area contributed by atoms with Gasteiger partial charge in [0.05, 0.1) is 4.92 Å². The number of carbonyl (C=O) groups excluding carboxylic acids is 1. The predicted molar refractivity (Wildman–Crippen MR) is 121 cm³/mol. The number of amides is 1. The zero-order valence-corrected chi connectivity index (χ0v) is 18.3. The van der Waals surface area contributed by atoms with Crippen molar-refractivity contribution in [3.8, 4) is 5.75 Å². The number of rotatable bonds is 5. The number of aryl methyl sites for hydroxylation is 1. The summed E-state index contributed by atoms with van der Waals surface area (Å²) in [5.74, 6) is -0.246. The molecule has 0 aliphatic carbocycles. The molecule has 0 unspecified atom stereocenters. The molecule has 34 heavy (non-hydrogen) atoms. The molecule has 3 aromatic carbocycles. The topological polar surface area (TPSA) is 75.9 Å². The number of piperazine rings is 1. The molecule has 10 heteroatoms. The summed E-state index contributed by atoms with van der Waals surface area (Å²) in [6.45, 7) is 3.98. The van der Waals surface area contributed by atoms with Crippen LogP contribution in [0.2, 0.25) is 0 Å². The van der Waals surface area contributed by atoms with Gasteiger partial charge in [-0.3, -0.25) is 14.9 Å². The van der Waals surface area contributed by atoms with Crippen LogP contribution in [0.25, 0.3) is 10.8 Å². The number of anilines is 1. The molecule has 0 radical (unpaired) electrons. The summed E-state index contributed by atoms with van der Waals surface area (Å²) in [6.07, 6.45) is -4.92. The van der Waals surface area contributed by atoms with Crippen molar-refractivity contribution in [2.24, 2.45) is 0 Å². The van der Waals surface area contributed by atoms with E-state index in [1.165, 1.54) is 23.8 Å². The van der Waals surface area contributed by atoms with Crippen LogP contribution in [0.15, 0.2) is 54.6 Å². The number of nitrogens with zero attached hydrogens (tertiary/aromatic N) is 3. The van der Waals surface area contributed by atoms with Crippen LogP contribution in [0.1, 0.15) is 11.1 Å². The van der Waals surface area contributed by atoms with Crippen LogP contribution in [0.5, 0.6) is 5.75 Å². The highest BCUT2D eigenvalue weighted by Gasteiger charge is 2.40. The van der Waals surface area contributed by atoms with E-state index < -0.39 is 22.4 Å². The largest absolute Gasteiger partial charge is 0.484 e. The Morgan fingerprint density at radius 1 is 1.03 bits per heavy atom. The number of benzene rings is 3. The van der Waals surface area contributed by atoms with Gasteiger partial charge in [0.15, 0.2) is 6.61 Å². The van der Waals surface area contributed by atoms with Gasteiger partial charge in [-0.1, -0.05) is 23.8 Å². The van der Waals surface area contributed by atoms with Gasteiger partial charge in [-0.2, -0.15) is 13.2 Å². The fraction of sp³-hybridized carbons (Fsp3) is 0.292. The molecular formula is C24H22F3N3O4. The molecule has 178 valence electrons. The lowest BCUT2D eigenvalue weighted by atomic mass is 10.0. The van der Waals surface area contributed by atoms with Crippen molar-refractivity contribution in [2.45, 2.75) is 13.1 Å². The first-order valence-corrected chi connectivity index (χ1v) is 10.6. The van der Waals surface area contributed by atoms with Crippen LogP contribution < -0.4 is 9.64 Å². The number of alkyl halides is 3. The van der Waals surface area contributed by atoms with E-state index in [1.54, 1.807) is 4.90 Å². The number of carbonyl (C=O) groups is 1. The lowest BCUT2D eigenvalue weighted by Crippen LogP contribution is -2.50. The molecule has 0 aromatic heterocycles. The Hall–Kier alpha value is -3.82. The molecule has 0 saturated carbocycles. The van der Waals surface area contributed by atoms with Gasteiger partial charge in [-0.25, -0.2) is 0 Å². The standard InChI is InChI=1S/C24H22F3N3O4/c1-16-2-6-18(7-3-16)28-10-12-29(13-11-28)22(31)15-34-19-8-4-17-5-9-21(30(32)33)23(20(17)14-19)24(25,26)27/h2-9,14H,10-13,15H2,1H3. The summed E-state index contributed by atoms with van der Waals surface area (Å²) in [7, 11) is 0. The third kappa shape index (κ3) is 4.90. The van der Waals surface area contributed by atoms with Gasteiger partial charge in [-0.05, 0) is 42.6 Å². The molecule has 0 bridgehead atoms. The van der Waals surface area contributed by atoms with Crippen molar-refractivity contribution < 1.29 is 27.6 Å². The molecule has 0 N–H and O–H groups in total. The molecule has 4 rings (SSSR count). The van der Waals surface area contributed by atoms with Crippen LogP contribution in [0.3, 0.4) is 0 Å². The maximum absolute atomic E-state index is 13.6. The monoisotopic (exact) mass is 473 g/mol. The summed E-state index contributed by atoms with van der Waals surface area (Å²) in [5.41, 5.74) is -0.112. The number of nitro groups is 1. The Bertz CT molecular complexity index is 1220.